The van der Waals surface area contributed by atoms with Crippen molar-refractivity contribution in [1.82, 2.24) is 4.98 Å². The van der Waals surface area contributed by atoms with E-state index in [1.807, 2.05) is 31.2 Å². The third-order valence-electron chi connectivity index (χ3n) is 7.51. The lowest BCUT2D eigenvalue weighted by Crippen LogP contribution is -2.32. The zero-order chi connectivity index (χ0) is 31.1. The molecule has 0 saturated carbocycles. The number of hydrogen-bond donors (Lipinski definition) is 1. The molecule has 44 heavy (non-hydrogen) atoms. The standard InChI is InChI=1S/C31H25N3O8S2/c1-3-41-30(37)18-8-10-19(11-9-18)33-28(35)24-23(25-27(32-31(38)44-25)43-26(24)29(33)36)21-14-20(34(39)40)12-13-22(21)42-15-17-6-4-16(2)5-7-17/h4-14,23-24,26H,3,15H2,1-2H3,(H,32,38). The van der Waals surface area contributed by atoms with Crippen molar-refractivity contribution >= 4 is 52.3 Å². The maximum Gasteiger partial charge on any atom is 0.338 e. The number of imide groups is 1. The number of non-ortho nitro benzene ring substituents is 1. The number of aryl methyl sites for hydroxylation is 1. The van der Waals surface area contributed by atoms with Gasteiger partial charge in [0.15, 0.2) is 0 Å². The van der Waals surface area contributed by atoms with Gasteiger partial charge in [0, 0.05) is 28.5 Å². The number of carbonyl (C=O) groups is 3. The van der Waals surface area contributed by atoms with Crippen LogP contribution in [0, 0.1) is 23.0 Å². The minimum atomic E-state index is -0.986. The maximum atomic E-state index is 14.2. The van der Waals surface area contributed by atoms with Gasteiger partial charge in [0.25, 0.3) is 5.69 Å². The number of ether oxygens (including phenoxy) is 2. The fourth-order valence-corrected chi connectivity index (χ4v) is 7.94. The van der Waals surface area contributed by atoms with E-state index in [1.165, 1.54) is 42.5 Å². The van der Waals surface area contributed by atoms with Gasteiger partial charge in [0.2, 0.25) is 11.8 Å². The first-order valence-electron chi connectivity index (χ1n) is 13.7. The van der Waals surface area contributed by atoms with Crippen molar-refractivity contribution in [3.63, 3.8) is 0 Å². The van der Waals surface area contributed by atoms with Crippen LogP contribution in [0.3, 0.4) is 0 Å². The molecule has 6 rings (SSSR count). The summed E-state index contributed by atoms with van der Waals surface area (Å²) in [4.78, 5) is 67.9. The minimum absolute atomic E-state index is 0.155. The number of aromatic amines is 1. The molecule has 2 amide bonds. The Morgan fingerprint density at radius 3 is 2.43 bits per heavy atom. The molecule has 13 heteroatoms. The number of H-pyrrole nitrogens is 1. The highest BCUT2D eigenvalue weighted by molar-refractivity contribution is 8.00. The molecule has 224 valence electrons. The number of carbonyl (C=O) groups excluding carboxylic acids is 3. The molecule has 2 aliphatic rings. The lowest BCUT2D eigenvalue weighted by atomic mass is 9.82. The van der Waals surface area contributed by atoms with Crippen LogP contribution in [0.4, 0.5) is 11.4 Å². The van der Waals surface area contributed by atoms with Crippen LogP contribution in [0.5, 0.6) is 5.75 Å². The summed E-state index contributed by atoms with van der Waals surface area (Å²) in [5, 5.41) is 11.4. The zero-order valence-electron chi connectivity index (χ0n) is 23.5. The lowest BCUT2D eigenvalue weighted by molar-refractivity contribution is -0.385. The molecule has 1 fully saturated rings. The van der Waals surface area contributed by atoms with Crippen LogP contribution >= 0.6 is 23.1 Å². The van der Waals surface area contributed by atoms with E-state index in [0.717, 1.165) is 39.1 Å². The highest BCUT2D eigenvalue weighted by Crippen LogP contribution is 2.55. The summed E-state index contributed by atoms with van der Waals surface area (Å²) >= 11 is 1.99. The van der Waals surface area contributed by atoms with Crippen LogP contribution in [0.25, 0.3) is 0 Å². The molecule has 3 atom stereocenters. The number of nitro groups is 1. The summed E-state index contributed by atoms with van der Waals surface area (Å²) in [7, 11) is 0. The van der Waals surface area contributed by atoms with Crippen LogP contribution in [-0.2, 0) is 20.9 Å². The number of aromatic nitrogens is 1. The van der Waals surface area contributed by atoms with Crippen molar-refractivity contribution in [3.05, 3.63) is 114 Å². The summed E-state index contributed by atoms with van der Waals surface area (Å²) in [6.07, 6.45) is 0. The number of amides is 2. The van der Waals surface area contributed by atoms with Gasteiger partial charge in [-0.1, -0.05) is 52.9 Å². The van der Waals surface area contributed by atoms with E-state index in [0.29, 0.717) is 21.2 Å². The van der Waals surface area contributed by atoms with Gasteiger partial charge in [-0.15, -0.1) is 0 Å². The largest absolute Gasteiger partial charge is 0.489 e. The Morgan fingerprint density at radius 2 is 1.75 bits per heavy atom. The van der Waals surface area contributed by atoms with Crippen molar-refractivity contribution in [2.24, 2.45) is 5.92 Å². The summed E-state index contributed by atoms with van der Waals surface area (Å²) in [5.41, 5.74) is 2.60. The molecule has 1 N–H and O–H groups in total. The van der Waals surface area contributed by atoms with Crippen molar-refractivity contribution < 1.29 is 28.8 Å². The number of thiazole rings is 1. The Kier molecular flexibility index (Phi) is 7.82. The Bertz CT molecular complexity index is 1850. The Morgan fingerprint density at radius 1 is 1.02 bits per heavy atom. The summed E-state index contributed by atoms with van der Waals surface area (Å²) < 4.78 is 11.2. The monoisotopic (exact) mass is 631 g/mol. The second-order valence-electron chi connectivity index (χ2n) is 10.3. The molecule has 3 heterocycles. The molecule has 2 aliphatic heterocycles. The number of nitrogens with one attached hydrogen (secondary N) is 1. The van der Waals surface area contributed by atoms with E-state index in [-0.39, 0.29) is 35.0 Å². The van der Waals surface area contributed by atoms with E-state index in [1.54, 1.807) is 6.92 Å². The number of nitrogens with zero attached hydrogens (tertiary/aromatic N) is 2. The molecule has 0 aliphatic carbocycles. The van der Waals surface area contributed by atoms with Crippen LogP contribution < -0.4 is 14.5 Å². The van der Waals surface area contributed by atoms with Crippen molar-refractivity contribution in [3.8, 4) is 5.75 Å². The zero-order valence-corrected chi connectivity index (χ0v) is 25.1. The maximum absolute atomic E-state index is 14.2. The predicted molar refractivity (Wildman–Crippen MR) is 163 cm³/mol. The topological polar surface area (TPSA) is 149 Å². The first-order chi connectivity index (χ1) is 21.2. The number of benzene rings is 3. The van der Waals surface area contributed by atoms with Gasteiger partial charge in [-0.25, -0.2) is 9.69 Å². The molecule has 3 aromatic carbocycles. The van der Waals surface area contributed by atoms with Gasteiger partial charge in [-0.2, -0.15) is 0 Å². The summed E-state index contributed by atoms with van der Waals surface area (Å²) in [6.45, 7) is 4.01. The van der Waals surface area contributed by atoms with Crippen molar-refractivity contribution in [2.75, 3.05) is 11.5 Å². The van der Waals surface area contributed by atoms with Gasteiger partial charge < -0.3 is 14.5 Å². The van der Waals surface area contributed by atoms with E-state index >= 15 is 0 Å². The first kappa shape index (κ1) is 29.3. The Balaban J connectivity index is 1.42. The molecule has 0 radical (unpaired) electrons. The number of esters is 1. The van der Waals surface area contributed by atoms with Crippen LogP contribution in [-0.4, -0.2) is 39.5 Å². The van der Waals surface area contributed by atoms with Gasteiger partial charge in [0.1, 0.15) is 17.6 Å². The number of fused-ring (bicyclic) bond motifs is 2. The molecule has 0 spiro atoms. The SMILES string of the molecule is CCOC(=O)c1ccc(N2C(=O)C3Sc4[nH]c(=O)sc4C(c4cc([N+](=O)[O-])ccc4OCc4ccc(C)cc4)C3C2=O)cc1. The minimum Gasteiger partial charge on any atom is -0.489 e. The third kappa shape index (κ3) is 5.28. The Labute approximate surface area is 259 Å². The highest BCUT2D eigenvalue weighted by atomic mass is 32.2. The average Bonchev–Trinajstić information content (AvgIpc) is 3.51. The molecule has 3 unspecified atom stereocenters. The molecule has 1 saturated heterocycles. The third-order valence-corrected chi connectivity index (χ3v) is 9.92. The number of nitro benzene ring substituents is 1. The van der Waals surface area contributed by atoms with E-state index in [2.05, 4.69) is 4.98 Å². The van der Waals surface area contributed by atoms with Crippen molar-refractivity contribution in [2.45, 2.75) is 36.6 Å². The van der Waals surface area contributed by atoms with Crippen LogP contribution in [0.2, 0.25) is 0 Å². The van der Waals surface area contributed by atoms with E-state index < -0.39 is 39.8 Å². The molecular formula is C31H25N3O8S2. The van der Waals surface area contributed by atoms with Crippen LogP contribution in [0.1, 0.15) is 44.8 Å². The number of rotatable bonds is 8. The molecule has 1 aromatic heterocycles. The fraction of sp³-hybridized carbons (Fsp3) is 0.226. The van der Waals surface area contributed by atoms with E-state index in [4.69, 9.17) is 9.47 Å². The molecule has 0 bridgehead atoms. The normalized spacial score (nSPS) is 19.0. The van der Waals surface area contributed by atoms with E-state index in [9.17, 15) is 29.3 Å². The summed E-state index contributed by atoms with van der Waals surface area (Å²) in [5.74, 6) is -3.11. The highest BCUT2D eigenvalue weighted by Gasteiger charge is 2.57. The lowest BCUT2D eigenvalue weighted by Gasteiger charge is -2.30. The molecule has 11 nitrogen and oxygen atoms in total. The van der Waals surface area contributed by atoms with Gasteiger partial charge in [0.05, 0.1) is 33.7 Å². The number of anilines is 1. The van der Waals surface area contributed by atoms with Crippen molar-refractivity contribution in [1.29, 1.82) is 0 Å². The molecular weight excluding hydrogens is 606 g/mol. The van der Waals surface area contributed by atoms with Crippen LogP contribution in [0.15, 0.2) is 76.6 Å². The second kappa shape index (κ2) is 11.7. The average molecular weight is 632 g/mol. The second-order valence-corrected chi connectivity index (χ2v) is 12.4. The smallest absolute Gasteiger partial charge is 0.338 e. The Hall–Kier alpha value is -4.75. The molecule has 4 aromatic rings. The number of thioether (sulfide) groups is 1. The summed E-state index contributed by atoms with van der Waals surface area (Å²) in [6, 6.07) is 17.8. The van der Waals surface area contributed by atoms with Gasteiger partial charge in [-0.3, -0.25) is 24.5 Å². The van der Waals surface area contributed by atoms with Gasteiger partial charge >= 0.3 is 10.8 Å². The van der Waals surface area contributed by atoms with Gasteiger partial charge in [-0.05, 0) is 49.7 Å². The number of hydrogen-bond acceptors (Lipinski definition) is 10. The predicted octanol–water partition coefficient (Wildman–Crippen LogP) is 5.20. The fourth-order valence-electron chi connectivity index (χ4n) is 5.44. The first-order valence-corrected chi connectivity index (χ1v) is 15.4. The quantitative estimate of drug-likeness (QED) is 0.120.